The van der Waals surface area contributed by atoms with Gasteiger partial charge in [0.25, 0.3) is 0 Å². The Hall–Kier alpha value is -1.39. The van der Waals surface area contributed by atoms with Gasteiger partial charge < -0.3 is 10.2 Å². The van der Waals surface area contributed by atoms with Crippen molar-refractivity contribution < 1.29 is 19.8 Å². The number of aliphatic imine (C=N–C) groups is 1. The Morgan fingerprint density at radius 1 is 0.818 bits per heavy atom. The number of carbonyl (C=O) groups is 2. The fourth-order valence-corrected chi connectivity index (χ4v) is 2.81. The molecule has 0 saturated carbocycles. The van der Waals surface area contributed by atoms with Crippen LogP contribution in [-0.4, -0.2) is 33.9 Å². The molecular weight excluding hydrogens is 282 g/mol. The lowest BCUT2D eigenvalue weighted by molar-refractivity contribution is -0.148. The molecule has 0 aromatic carbocycles. The maximum atomic E-state index is 11.3. The molecule has 0 saturated heterocycles. The standard InChI is InChI=1S/C17H31NO4/c1-14(2,9-15(3,4)12(19)20)11-18-17(7,8)10-16(5,6)13(21)22/h11H,9-10H2,1-8H3,(H,19,20)(H,21,22). The Labute approximate surface area is 133 Å². The average Bonchev–Trinajstić information content (AvgIpc) is 2.23. The molecule has 0 bridgehead atoms. The van der Waals surface area contributed by atoms with Gasteiger partial charge in [-0.2, -0.15) is 0 Å². The zero-order valence-electron chi connectivity index (χ0n) is 15.1. The largest absolute Gasteiger partial charge is 0.481 e. The molecule has 0 rings (SSSR count). The first-order valence-electron chi connectivity index (χ1n) is 7.54. The molecule has 5 heteroatoms. The van der Waals surface area contributed by atoms with Crippen molar-refractivity contribution in [3.8, 4) is 0 Å². The highest BCUT2D eigenvalue weighted by Crippen LogP contribution is 2.35. The van der Waals surface area contributed by atoms with Crippen LogP contribution >= 0.6 is 0 Å². The van der Waals surface area contributed by atoms with E-state index in [1.54, 1.807) is 33.9 Å². The molecular formula is C17H31NO4. The predicted molar refractivity (Wildman–Crippen MR) is 88.4 cm³/mol. The molecule has 0 aliphatic rings. The number of hydrogen-bond acceptors (Lipinski definition) is 3. The van der Waals surface area contributed by atoms with Crippen LogP contribution in [-0.2, 0) is 9.59 Å². The summed E-state index contributed by atoms with van der Waals surface area (Å²) in [6, 6.07) is 0. The monoisotopic (exact) mass is 313 g/mol. The van der Waals surface area contributed by atoms with E-state index in [2.05, 4.69) is 4.99 Å². The highest BCUT2D eigenvalue weighted by molar-refractivity contribution is 5.75. The van der Waals surface area contributed by atoms with E-state index in [-0.39, 0.29) is 5.41 Å². The number of rotatable bonds is 8. The first kappa shape index (κ1) is 20.6. The van der Waals surface area contributed by atoms with Gasteiger partial charge in [0.05, 0.1) is 16.4 Å². The third kappa shape index (κ3) is 6.58. The molecule has 0 heterocycles. The maximum absolute atomic E-state index is 11.3. The Bertz CT molecular complexity index is 417. The molecule has 0 fully saturated rings. The second-order valence-corrected chi connectivity index (χ2v) is 8.79. The van der Waals surface area contributed by atoms with Gasteiger partial charge in [0, 0.05) is 11.6 Å². The molecule has 0 aromatic heterocycles. The minimum absolute atomic E-state index is 0.382. The Balaban J connectivity index is 5.08. The molecule has 0 spiro atoms. The first-order chi connectivity index (χ1) is 9.51. The van der Waals surface area contributed by atoms with E-state index >= 15 is 0 Å². The Kier molecular flexibility index (Phi) is 5.98. The van der Waals surface area contributed by atoms with Crippen LogP contribution < -0.4 is 0 Å². The summed E-state index contributed by atoms with van der Waals surface area (Å²) in [4.78, 5) is 27.1. The maximum Gasteiger partial charge on any atom is 0.309 e. The van der Waals surface area contributed by atoms with Gasteiger partial charge in [-0.25, -0.2) is 0 Å². The number of aliphatic carboxylic acids is 2. The summed E-state index contributed by atoms with van der Waals surface area (Å²) in [5, 5.41) is 18.5. The third-order valence-electron chi connectivity index (χ3n) is 3.69. The van der Waals surface area contributed by atoms with Crippen LogP contribution in [0.2, 0.25) is 0 Å². The molecule has 0 atom stereocenters. The van der Waals surface area contributed by atoms with Crippen LogP contribution in [0.5, 0.6) is 0 Å². The van der Waals surface area contributed by atoms with Crippen LogP contribution in [0.15, 0.2) is 4.99 Å². The van der Waals surface area contributed by atoms with Gasteiger partial charge in [-0.3, -0.25) is 14.6 Å². The first-order valence-corrected chi connectivity index (χ1v) is 7.54. The minimum Gasteiger partial charge on any atom is -0.481 e. The van der Waals surface area contributed by atoms with E-state index in [0.717, 1.165) is 0 Å². The third-order valence-corrected chi connectivity index (χ3v) is 3.69. The summed E-state index contributed by atoms with van der Waals surface area (Å²) in [6.07, 6.45) is 2.64. The van der Waals surface area contributed by atoms with Crippen molar-refractivity contribution in [2.45, 2.75) is 73.8 Å². The predicted octanol–water partition coefficient (Wildman–Crippen LogP) is 3.86. The lowest BCUT2D eigenvalue weighted by Gasteiger charge is -2.32. The van der Waals surface area contributed by atoms with Crippen LogP contribution in [0.3, 0.4) is 0 Å². The second kappa shape index (κ2) is 6.39. The van der Waals surface area contributed by atoms with E-state index < -0.39 is 28.3 Å². The van der Waals surface area contributed by atoms with Gasteiger partial charge in [-0.05, 0) is 54.4 Å². The summed E-state index contributed by atoms with van der Waals surface area (Å²) < 4.78 is 0. The summed E-state index contributed by atoms with van der Waals surface area (Å²) >= 11 is 0. The van der Waals surface area contributed by atoms with Crippen molar-refractivity contribution in [1.82, 2.24) is 0 Å². The van der Waals surface area contributed by atoms with Gasteiger partial charge in [-0.1, -0.05) is 13.8 Å². The van der Waals surface area contributed by atoms with Crippen LogP contribution in [0, 0.1) is 16.2 Å². The number of carboxylic acid groups (broad SMARTS) is 2. The number of nitrogens with zero attached hydrogens (tertiary/aromatic N) is 1. The molecule has 5 nitrogen and oxygen atoms in total. The summed E-state index contributed by atoms with van der Waals surface area (Å²) in [7, 11) is 0. The van der Waals surface area contributed by atoms with Crippen LogP contribution in [0.4, 0.5) is 0 Å². The summed E-state index contributed by atoms with van der Waals surface area (Å²) in [6.45, 7) is 14.4. The molecule has 128 valence electrons. The second-order valence-electron chi connectivity index (χ2n) is 8.79. The average molecular weight is 313 g/mol. The number of hydrogen-bond donors (Lipinski definition) is 2. The highest BCUT2D eigenvalue weighted by Gasteiger charge is 2.36. The fourth-order valence-electron chi connectivity index (χ4n) is 2.81. The lowest BCUT2D eigenvalue weighted by atomic mass is 9.75. The van der Waals surface area contributed by atoms with E-state index in [1.165, 1.54) is 0 Å². The van der Waals surface area contributed by atoms with Crippen molar-refractivity contribution in [1.29, 1.82) is 0 Å². The zero-order valence-corrected chi connectivity index (χ0v) is 15.1. The number of carboxylic acids is 2. The minimum atomic E-state index is -0.856. The van der Waals surface area contributed by atoms with Gasteiger partial charge in [0.15, 0.2) is 0 Å². The van der Waals surface area contributed by atoms with Gasteiger partial charge >= 0.3 is 11.9 Å². The molecule has 0 radical (unpaired) electrons. The quantitative estimate of drug-likeness (QED) is 0.666. The van der Waals surface area contributed by atoms with Gasteiger partial charge in [0.1, 0.15) is 0 Å². The normalized spacial score (nSPS) is 14.4. The smallest absolute Gasteiger partial charge is 0.309 e. The van der Waals surface area contributed by atoms with E-state index in [9.17, 15) is 19.8 Å². The molecule has 0 aromatic rings. The molecule has 0 aliphatic carbocycles. The lowest BCUT2D eigenvalue weighted by Crippen LogP contribution is -2.35. The zero-order chi connectivity index (χ0) is 18.0. The van der Waals surface area contributed by atoms with Gasteiger partial charge in [-0.15, -0.1) is 0 Å². The molecule has 0 aliphatic heterocycles. The summed E-state index contributed by atoms with van der Waals surface area (Å²) in [5.74, 6) is -1.68. The van der Waals surface area contributed by atoms with Crippen LogP contribution in [0.25, 0.3) is 0 Å². The molecule has 0 amide bonds. The van der Waals surface area contributed by atoms with Crippen molar-refractivity contribution in [2.75, 3.05) is 0 Å². The molecule has 0 unspecified atom stereocenters. The highest BCUT2D eigenvalue weighted by atomic mass is 16.4. The Morgan fingerprint density at radius 2 is 1.18 bits per heavy atom. The van der Waals surface area contributed by atoms with Crippen molar-refractivity contribution in [3.63, 3.8) is 0 Å². The SMILES string of the molecule is CC(C)(C=NC(C)(C)CC(C)(C)C(=O)O)CC(C)(C)C(=O)O. The molecule has 2 N–H and O–H groups in total. The van der Waals surface area contributed by atoms with E-state index in [1.807, 2.05) is 27.7 Å². The topological polar surface area (TPSA) is 87.0 Å². The van der Waals surface area contributed by atoms with E-state index in [0.29, 0.717) is 12.8 Å². The van der Waals surface area contributed by atoms with Gasteiger partial charge in [0.2, 0.25) is 0 Å². The Morgan fingerprint density at radius 3 is 1.55 bits per heavy atom. The van der Waals surface area contributed by atoms with Crippen molar-refractivity contribution >= 4 is 18.2 Å². The summed E-state index contributed by atoms with van der Waals surface area (Å²) in [5.41, 5.74) is -2.59. The van der Waals surface area contributed by atoms with Crippen molar-refractivity contribution in [2.24, 2.45) is 21.2 Å². The molecule has 22 heavy (non-hydrogen) atoms. The van der Waals surface area contributed by atoms with E-state index in [4.69, 9.17) is 0 Å². The van der Waals surface area contributed by atoms with Crippen molar-refractivity contribution in [3.05, 3.63) is 0 Å². The van der Waals surface area contributed by atoms with Crippen LogP contribution in [0.1, 0.15) is 68.2 Å². The fraction of sp³-hybridized carbons (Fsp3) is 0.824.